The summed E-state index contributed by atoms with van der Waals surface area (Å²) < 4.78 is 10.6. The molecule has 0 aliphatic rings. The average Bonchev–Trinajstić information content (AvgIpc) is 2.80. The molecule has 31 heavy (non-hydrogen) atoms. The van der Waals surface area contributed by atoms with Gasteiger partial charge in [-0.25, -0.2) is 0 Å². The molecule has 7 nitrogen and oxygen atoms in total. The van der Waals surface area contributed by atoms with Crippen LogP contribution in [0.15, 0.2) is 79.0 Å². The van der Waals surface area contributed by atoms with Gasteiger partial charge in [-0.05, 0) is 55.5 Å². The van der Waals surface area contributed by atoms with Gasteiger partial charge in [0.05, 0.1) is 31.3 Å². The maximum atomic E-state index is 12.5. The first-order chi connectivity index (χ1) is 15.0. The third-order valence-electron chi connectivity index (χ3n) is 4.71. The number of pyridine rings is 1. The first-order valence-electron chi connectivity index (χ1n) is 9.85. The number of hydrogen-bond acceptors (Lipinski definition) is 6. The highest BCUT2D eigenvalue weighted by Crippen LogP contribution is 2.24. The van der Waals surface area contributed by atoms with E-state index in [0.29, 0.717) is 17.1 Å². The molecule has 1 amide bonds. The van der Waals surface area contributed by atoms with Crippen LogP contribution in [0.5, 0.6) is 11.5 Å². The number of esters is 1. The predicted octanol–water partition coefficient (Wildman–Crippen LogP) is 3.88. The first kappa shape index (κ1) is 22.0. The summed E-state index contributed by atoms with van der Waals surface area (Å²) in [6.45, 7) is 1.81. The average molecular weight is 419 g/mol. The minimum atomic E-state index is -0.848. The Labute approximate surface area is 181 Å². The van der Waals surface area contributed by atoms with Gasteiger partial charge in [0, 0.05) is 11.9 Å². The van der Waals surface area contributed by atoms with E-state index < -0.39 is 11.5 Å². The van der Waals surface area contributed by atoms with Crippen LogP contribution in [0.4, 0.5) is 5.69 Å². The molecule has 0 aliphatic heterocycles. The Bertz CT molecular complexity index is 994. The van der Waals surface area contributed by atoms with Gasteiger partial charge in [-0.1, -0.05) is 24.3 Å². The number of methoxy groups -OCH3 is 1. The second kappa shape index (κ2) is 10.4. The summed E-state index contributed by atoms with van der Waals surface area (Å²) >= 11 is 0. The fourth-order valence-electron chi connectivity index (χ4n) is 3.01. The Morgan fingerprint density at radius 2 is 1.61 bits per heavy atom. The Balaban J connectivity index is 1.59. The number of nitrogens with zero attached hydrogens (tertiary/aromatic N) is 1. The van der Waals surface area contributed by atoms with Crippen LogP contribution < -0.4 is 15.4 Å². The zero-order valence-electron chi connectivity index (χ0n) is 17.5. The van der Waals surface area contributed by atoms with Gasteiger partial charge in [0.15, 0.2) is 0 Å². The van der Waals surface area contributed by atoms with E-state index in [4.69, 9.17) is 9.47 Å². The summed E-state index contributed by atoms with van der Waals surface area (Å²) in [6, 6.07) is 22.0. The standard InChI is InChI=1S/C24H25N3O4/c1-24(16-23(29)30-2,21-10-6-7-15-25-21)26-17-22(28)27-18-11-13-20(14-12-18)31-19-8-4-3-5-9-19/h3-15,26H,16-17H2,1-2H3,(H,27,28)/t24-/m1/s1. The molecule has 7 heteroatoms. The van der Waals surface area contributed by atoms with Crippen molar-refractivity contribution in [3.8, 4) is 11.5 Å². The van der Waals surface area contributed by atoms with Crippen molar-refractivity contribution in [1.29, 1.82) is 0 Å². The lowest BCUT2D eigenvalue weighted by atomic mass is 9.92. The highest BCUT2D eigenvalue weighted by Gasteiger charge is 2.31. The van der Waals surface area contributed by atoms with Crippen molar-refractivity contribution in [3.05, 3.63) is 84.7 Å². The van der Waals surface area contributed by atoms with Gasteiger partial charge in [-0.2, -0.15) is 0 Å². The topological polar surface area (TPSA) is 89.5 Å². The number of hydrogen-bond donors (Lipinski definition) is 2. The van der Waals surface area contributed by atoms with Crippen LogP contribution in [0.2, 0.25) is 0 Å². The summed E-state index contributed by atoms with van der Waals surface area (Å²) in [7, 11) is 1.33. The number of nitrogens with one attached hydrogen (secondary N) is 2. The molecule has 160 valence electrons. The molecule has 0 bridgehead atoms. The van der Waals surface area contributed by atoms with E-state index in [2.05, 4.69) is 15.6 Å². The van der Waals surface area contributed by atoms with E-state index in [0.717, 1.165) is 5.75 Å². The number of benzene rings is 2. The molecule has 3 rings (SSSR count). The molecule has 0 radical (unpaired) electrons. The largest absolute Gasteiger partial charge is 0.469 e. The Kier molecular flexibility index (Phi) is 7.35. The van der Waals surface area contributed by atoms with Crippen molar-refractivity contribution in [3.63, 3.8) is 0 Å². The Morgan fingerprint density at radius 1 is 0.935 bits per heavy atom. The van der Waals surface area contributed by atoms with Crippen molar-refractivity contribution >= 4 is 17.6 Å². The van der Waals surface area contributed by atoms with Gasteiger partial charge >= 0.3 is 5.97 Å². The van der Waals surface area contributed by atoms with Crippen LogP contribution in [0, 0.1) is 0 Å². The molecular weight excluding hydrogens is 394 g/mol. The fraction of sp³-hybridized carbons (Fsp3) is 0.208. The molecule has 1 aromatic heterocycles. The second-order valence-corrected chi connectivity index (χ2v) is 7.14. The Hall–Kier alpha value is -3.71. The van der Waals surface area contributed by atoms with Crippen LogP contribution >= 0.6 is 0 Å². The smallest absolute Gasteiger partial charge is 0.307 e. The van der Waals surface area contributed by atoms with Crippen LogP contribution in [-0.2, 0) is 19.9 Å². The zero-order valence-corrected chi connectivity index (χ0v) is 17.5. The first-order valence-corrected chi connectivity index (χ1v) is 9.85. The highest BCUT2D eigenvalue weighted by molar-refractivity contribution is 5.92. The molecule has 0 saturated carbocycles. The lowest BCUT2D eigenvalue weighted by Gasteiger charge is -2.29. The maximum absolute atomic E-state index is 12.5. The van der Waals surface area contributed by atoms with E-state index in [9.17, 15) is 9.59 Å². The zero-order chi connectivity index (χ0) is 22.1. The Morgan fingerprint density at radius 3 is 2.26 bits per heavy atom. The van der Waals surface area contributed by atoms with E-state index in [1.807, 2.05) is 43.3 Å². The third kappa shape index (κ3) is 6.38. The van der Waals surface area contributed by atoms with E-state index >= 15 is 0 Å². The molecular formula is C24H25N3O4. The quantitative estimate of drug-likeness (QED) is 0.512. The predicted molar refractivity (Wildman–Crippen MR) is 118 cm³/mol. The molecule has 0 unspecified atom stereocenters. The fourth-order valence-corrected chi connectivity index (χ4v) is 3.01. The molecule has 2 aromatic carbocycles. The van der Waals surface area contributed by atoms with Crippen molar-refractivity contribution in [2.45, 2.75) is 18.9 Å². The molecule has 0 saturated heterocycles. The maximum Gasteiger partial charge on any atom is 0.307 e. The summed E-state index contributed by atoms with van der Waals surface area (Å²) in [5, 5.41) is 5.97. The number of carbonyl (C=O) groups is 2. The number of amides is 1. The number of anilines is 1. The minimum Gasteiger partial charge on any atom is -0.469 e. The normalized spacial score (nSPS) is 12.5. The van der Waals surface area contributed by atoms with Gasteiger partial charge in [-0.15, -0.1) is 0 Å². The lowest BCUT2D eigenvalue weighted by Crippen LogP contribution is -2.45. The highest BCUT2D eigenvalue weighted by atomic mass is 16.5. The van der Waals surface area contributed by atoms with Crippen LogP contribution in [0.3, 0.4) is 0 Å². The molecule has 1 atom stereocenters. The third-order valence-corrected chi connectivity index (χ3v) is 4.71. The van der Waals surface area contributed by atoms with Crippen LogP contribution in [-0.4, -0.2) is 30.5 Å². The summed E-state index contributed by atoms with van der Waals surface area (Å²) in [5.41, 5.74) is 0.439. The van der Waals surface area contributed by atoms with Crippen LogP contribution in [0.1, 0.15) is 19.0 Å². The van der Waals surface area contributed by atoms with Gasteiger partial charge in [-0.3, -0.25) is 19.9 Å². The summed E-state index contributed by atoms with van der Waals surface area (Å²) in [5.74, 6) is 0.768. The van der Waals surface area contributed by atoms with E-state index in [1.54, 1.807) is 42.6 Å². The molecule has 3 aromatic rings. The number of para-hydroxylation sites is 1. The van der Waals surface area contributed by atoms with Gasteiger partial charge in [0.2, 0.25) is 5.91 Å². The lowest BCUT2D eigenvalue weighted by molar-refractivity contribution is -0.142. The number of rotatable bonds is 9. The molecule has 0 aliphatic carbocycles. The van der Waals surface area contributed by atoms with Gasteiger partial charge in [0.25, 0.3) is 0 Å². The summed E-state index contributed by atoms with van der Waals surface area (Å²) in [6.07, 6.45) is 1.69. The second-order valence-electron chi connectivity index (χ2n) is 7.14. The SMILES string of the molecule is COC(=O)C[C@@](C)(NCC(=O)Nc1ccc(Oc2ccccc2)cc1)c1ccccn1. The minimum absolute atomic E-state index is 0.00760. The summed E-state index contributed by atoms with van der Waals surface area (Å²) in [4.78, 5) is 28.7. The van der Waals surface area contributed by atoms with Crippen molar-refractivity contribution in [2.24, 2.45) is 0 Å². The van der Waals surface area contributed by atoms with E-state index in [1.165, 1.54) is 7.11 Å². The van der Waals surface area contributed by atoms with Crippen molar-refractivity contribution < 1.29 is 19.1 Å². The van der Waals surface area contributed by atoms with Gasteiger partial charge < -0.3 is 14.8 Å². The number of aromatic nitrogens is 1. The monoisotopic (exact) mass is 419 g/mol. The van der Waals surface area contributed by atoms with Crippen molar-refractivity contribution in [1.82, 2.24) is 10.3 Å². The molecule has 1 heterocycles. The van der Waals surface area contributed by atoms with Crippen molar-refractivity contribution in [2.75, 3.05) is 19.0 Å². The molecule has 0 fully saturated rings. The number of carbonyl (C=O) groups excluding carboxylic acids is 2. The molecule has 0 spiro atoms. The van der Waals surface area contributed by atoms with E-state index in [-0.39, 0.29) is 18.9 Å². The molecule has 2 N–H and O–H groups in total. The van der Waals surface area contributed by atoms with Crippen LogP contribution in [0.25, 0.3) is 0 Å². The van der Waals surface area contributed by atoms with Gasteiger partial charge in [0.1, 0.15) is 11.5 Å². The number of ether oxygens (including phenoxy) is 2.